The number of amides is 1. The molecule has 0 bridgehead atoms. The summed E-state index contributed by atoms with van der Waals surface area (Å²) < 4.78 is 6.06. The minimum absolute atomic E-state index is 0.00243. The van der Waals surface area contributed by atoms with E-state index < -0.39 is 5.97 Å². The molecule has 0 heterocycles. The molecule has 0 saturated carbocycles. The third-order valence-electron chi connectivity index (χ3n) is 4.33. The first-order valence-electron chi connectivity index (χ1n) is 8.39. The van der Waals surface area contributed by atoms with E-state index in [0.29, 0.717) is 0 Å². The van der Waals surface area contributed by atoms with Gasteiger partial charge in [0.1, 0.15) is 0 Å². The summed E-state index contributed by atoms with van der Waals surface area (Å²) in [6.45, 7) is -0.242. The number of rotatable bonds is 5. The van der Waals surface area contributed by atoms with Crippen molar-refractivity contribution in [1.82, 2.24) is 5.32 Å². The second kappa shape index (κ2) is 8.30. The number of ether oxygens (including phenoxy) is 1. The van der Waals surface area contributed by atoms with Gasteiger partial charge in [-0.1, -0.05) is 52.3 Å². The van der Waals surface area contributed by atoms with Crippen LogP contribution in [0.1, 0.15) is 35.6 Å². The van der Waals surface area contributed by atoms with E-state index in [1.165, 1.54) is 11.1 Å². The number of aryl methyl sites for hydroxylation is 1. The van der Waals surface area contributed by atoms with Gasteiger partial charge in [0.15, 0.2) is 6.61 Å². The number of esters is 1. The Bertz CT molecular complexity index is 758. The Labute approximate surface area is 155 Å². The summed E-state index contributed by atoms with van der Waals surface area (Å²) >= 11 is 3.35. The molecule has 0 aromatic heterocycles. The summed E-state index contributed by atoms with van der Waals surface area (Å²) in [6.07, 6.45) is 3.17. The molecule has 25 heavy (non-hydrogen) atoms. The predicted octanol–water partition coefficient (Wildman–Crippen LogP) is 3.73. The van der Waals surface area contributed by atoms with Crippen LogP contribution >= 0.6 is 15.9 Å². The Kier molecular flexibility index (Phi) is 5.87. The van der Waals surface area contributed by atoms with Crippen LogP contribution in [0.2, 0.25) is 0 Å². The van der Waals surface area contributed by atoms with Crippen molar-refractivity contribution in [3.63, 3.8) is 0 Å². The molecule has 0 aliphatic heterocycles. The van der Waals surface area contributed by atoms with Gasteiger partial charge in [-0.25, -0.2) is 0 Å². The summed E-state index contributed by atoms with van der Waals surface area (Å²) in [6, 6.07) is 15.6. The standard InChI is InChI=1S/C20H20BrNO3/c21-16-10-8-14(9-11-16)12-20(24)25-13-19(23)22-18-7-3-5-15-4-1-2-6-17(15)18/h1-2,4,6,8-11,18H,3,5,7,12-13H2,(H,22,23). The van der Waals surface area contributed by atoms with E-state index in [-0.39, 0.29) is 25.0 Å². The molecule has 1 N–H and O–H groups in total. The molecular weight excluding hydrogens is 382 g/mol. The molecule has 130 valence electrons. The number of carbonyl (C=O) groups excluding carboxylic acids is 2. The van der Waals surface area contributed by atoms with E-state index in [1.54, 1.807) is 0 Å². The summed E-state index contributed by atoms with van der Waals surface area (Å²) in [7, 11) is 0. The largest absolute Gasteiger partial charge is 0.455 e. The average molecular weight is 402 g/mol. The molecule has 0 spiro atoms. The lowest BCUT2D eigenvalue weighted by Gasteiger charge is -2.26. The van der Waals surface area contributed by atoms with Gasteiger partial charge in [-0.05, 0) is 48.1 Å². The highest BCUT2D eigenvalue weighted by Crippen LogP contribution is 2.29. The maximum Gasteiger partial charge on any atom is 0.310 e. The molecule has 1 atom stereocenters. The van der Waals surface area contributed by atoms with Gasteiger partial charge in [0.25, 0.3) is 5.91 Å². The summed E-state index contributed by atoms with van der Waals surface area (Å²) in [4.78, 5) is 24.0. The number of nitrogens with one attached hydrogen (secondary N) is 1. The van der Waals surface area contributed by atoms with Gasteiger partial charge < -0.3 is 10.1 Å². The van der Waals surface area contributed by atoms with Crippen molar-refractivity contribution in [2.24, 2.45) is 0 Å². The van der Waals surface area contributed by atoms with E-state index in [0.717, 1.165) is 29.3 Å². The van der Waals surface area contributed by atoms with E-state index in [9.17, 15) is 9.59 Å². The van der Waals surface area contributed by atoms with Gasteiger partial charge in [0, 0.05) is 4.47 Å². The molecule has 1 unspecified atom stereocenters. The Balaban J connectivity index is 1.48. The van der Waals surface area contributed by atoms with Crippen LogP contribution in [0.3, 0.4) is 0 Å². The van der Waals surface area contributed by atoms with Crippen molar-refractivity contribution in [1.29, 1.82) is 0 Å². The molecule has 0 saturated heterocycles. The first-order chi connectivity index (χ1) is 12.1. The predicted molar refractivity (Wildman–Crippen MR) is 99.1 cm³/mol. The zero-order valence-corrected chi connectivity index (χ0v) is 15.4. The number of fused-ring (bicyclic) bond motifs is 1. The molecule has 1 aliphatic carbocycles. The first-order valence-corrected chi connectivity index (χ1v) is 9.18. The lowest BCUT2D eigenvalue weighted by atomic mass is 9.88. The van der Waals surface area contributed by atoms with Crippen LogP contribution in [0, 0.1) is 0 Å². The van der Waals surface area contributed by atoms with Crippen LogP contribution in [-0.2, 0) is 27.2 Å². The third-order valence-corrected chi connectivity index (χ3v) is 4.86. The maximum absolute atomic E-state index is 12.1. The van der Waals surface area contributed by atoms with Crippen LogP contribution in [0.15, 0.2) is 53.0 Å². The van der Waals surface area contributed by atoms with Crippen LogP contribution < -0.4 is 5.32 Å². The molecule has 3 rings (SSSR count). The van der Waals surface area contributed by atoms with E-state index >= 15 is 0 Å². The van der Waals surface area contributed by atoms with E-state index in [2.05, 4.69) is 33.4 Å². The lowest BCUT2D eigenvalue weighted by Crippen LogP contribution is -2.34. The van der Waals surface area contributed by atoms with Crippen LogP contribution in [0.25, 0.3) is 0 Å². The second-order valence-corrected chi connectivity index (χ2v) is 7.09. The number of hydrogen-bond acceptors (Lipinski definition) is 3. The zero-order chi connectivity index (χ0) is 17.6. The summed E-state index contributed by atoms with van der Waals surface area (Å²) in [5, 5.41) is 2.98. The fraction of sp³-hybridized carbons (Fsp3) is 0.300. The molecule has 0 fully saturated rings. The van der Waals surface area contributed by atoms with Gasteiger partial charge in [-0.3, -0.25) is 9.59 Å². The Morgan fingerprint density at radius 2 is 1.88 bits per heavy atom. The molecule has 1 aliphatic rings. The van der Waals surface area contributed by atoms with Gasteiger partial charge in [-0.2, -0.15) is 0 Å². The van der Waals surface area contributed by atoms with E-state index in [4.69, 9.17) is 4.74 Å². The topological polar surface area (TPSA) is 55.4 Å². The van der Waals surface area contributed by atoms with Crippen molar-refractivity contribution in [3.8, 4) is 0 Å². The van der Waals surface area contributed by atoms with Gasteiger partial charge in [-0.15, -0.1) is 0 Å². The Morgan fingerprint density at radius 3 is 2.68 bits per heavy atom. The minimum Gasteiger partial charge on any atom is -0.455 e. The number of hydrogen-bond donors (Lipinski definition) is 1. The molecule has 0 radical (unpaired) electrons. The van der Waals surface area contributed by atoms with Crippen molar-refractivity contribution < 1.29 is 14.3 Å². The molecular formula is C20H20BrNO3. The smallest absolute Gasteiger partial charge is 0.310 e. The molecule has 1 amide bonds. The molecule has 5 heteroatoms. The number of benzene rings is 2. The molecule has 2 aromatic carbocycles. The fourth-order valence-electron chi connectivity index (χ4n) is 3.11. The Hall–Kier alpha value is -2.14. The van der Waals surface area contributed by atoms with Gasteiger partial charge >= 0.3 is 5.97 Å². The Morgan fingerprint density at radius 1 is 1.12 bits per heavy atom. The number of carbonyl (C=O) groups is 2. The van der Waals surface area contributed by atoms with Crippen molar-refractivity contribution >= 4 is 27.8 Å². The monoisotopic (exact) mass is 401 g/mol. The van der Waals surface area contributed by atoms with Gasteiger partial charge in [0.05, 0.1) is 12.5 Å². The number of halogens is 1. The third kappa shape index (κ3) is 4.92. The maximum atomic E-state index is 12.1. The zero-order valence-electron chi connectivity index (χ0n) is 13.8. The fourth-order valence-corrected chi connectivity index (χ4v) is 3.37. The quantitative estimate of drug-likeness (QED) is 0.776. The lowest BCUT2D eigenvalue weighted by molar-refractivity contribution is -0.148. The van der Waals surface area contributed by atoms with Crippen LogP contribution in [0.5, 0.6) is 0 Å². The normalized spacial score (nSPS) is 16.0. The summed E-state index contributed by atoms with van der Waals surface area (Å²) in [5.41, 5.74) is 3.31. The first kappa shape index (κ1) is 17.7. The highest BCUT2D eigenvalue weighted by atomic mass is 79.9. The molecule has 4 nitrogen and oxygen atoms in total. The summed E-state index contributed by atoms with van der Waals surface area (Å²) in [5.74, 6) is -0.660. The van der Waals surface area contributed by atoms with Gasteiger partial charge in [0.2, 0.25) is 0 Å². The van der Waals surface area contributed by atoms with Crippen molar-refractivity contribution in [2.75, 3.05) is 6.61 Å². The SMILES string of the molecule is O=C(COC(=O)Cc1ccc(Br)cc1)NC1CCCc2ccccc21. The van der Waals surface area contributed by atoms with Crippen LogP contribution in [-0.4, -0.2) is 18.5 Å². The highest BCUT2D eigenvalue weighted by Gasteiger charge is 2.21. The second-order valence-electron chi connectivity index (χ2n) is 6.18. The van der Waals surface area contributed by atoms with E-state index in [1.807, 2.05) is 36.4 Å². The average Bonchev–Trinajstić information content (AvgIpc) is 2.62. The molecule has 2 aromatic rings. The minimum atomic E-state index is -0.401. The van der Waals surface area contributed by atoms with Crippen molar-refractivity contribution in [2.45, 2.75) is 31.7 Å². The highest BCUT2D eigenvalue weighted by molar-refractivity contribution is 9.10. The van der Waals surface area contributed by atoms with Crippen molar-refractivity contribution in [3.05, 3.63) is 69.7 Å². The van der Waals surface area contributed by atoms with Crippen LogP contribution in [0.4, 0.5) is 0 Å².